The predicted octanol–water partition coefficient (Wildman–Crippen LogP) is 3.82. The molecule has 136 valence electrons. The van der Waals surface area contributed by atoms with Gasteiger partial charge in [-0.3, -0.25) is 4.79 Å². The second-order valence-corrected chi connectivity index (χ2v) is 7.25. The van der Waals surface area contributed by atoms with Crippen LogP contribution >= 0.6 is 23.7 Å². The van der Waals surface area contributed by atoms with Gasteiger partial charge in [0.25, 0.3) is 5.91 Å². The molecule has 2 aromatic rings. The lowest BCUT2D eigenvalue weighted by Gasteiger charge is -2.32. The summed E-state index contributed by atoms with van der Waals surface area (Å²) in [6.07, 6.45) is 2.27. The molecular weight excluding hydrogens is 356 g/mol. The van der Waals surface area contributed by atoms with Crippen LogP contribution in [0.25, 0.3) is 0 Å². The summed E-state index contributed by atoms with van der Waals surface area (Å²) in [6, 6.07) is 11.6. The van der Waals surface area contributed by atoms with Crippen LogP contribution < -0.4 is 10.1 Å². The first-order valence-corrected chi connectivity index (χ1v) is 9.33. The third-order valence-corrected chi connectivity index (χ3v) is 5.19. The molecule has 1 N–H and O–H groups in total. The van der Waals surface area contributed by atoms with Gasteiger partial charge in [-0.05, 0) is 62.0 Å². The smallest absolute Gasteiger partial charge is 0.253 e. The molecule has 1 fully saturated rings. The minimum atomic E-state index is 0. The Morgan fingerprint density at radius 2 is 2.24 bits per heavy atom. The average molecular weight is 381 g/mol. The summed E-state index contributed by atoms with van der Waals surface area (Å²) in [5.74, 6) is 1.40. The number of hydrogen-bond acceptors (Lipinski definition) is 4. The lowest BCUT2D eigenvalue weighted by atomic mass is 9.97. The number of nitrogens with one attached hydrogen (secondary N) is 1. The Kier molecular flexibility index (Phi) is 7.75. The zero-order valence-electron chi connectivity index (χ0n) is 14.4. The molecule has 1 amide bonds. The first kappa shape index (κ1) is 19.8. The van der Waals surface area contributed by atoms with Crippen molar-refractivity contribution in [2.45, 2.75) is 19.4 Å². The third-order valence-electron chi connectivity index (χ3n) is 4.34. The van der Waals surface area contributed by atoms with Gasteiger partial charge < -0.3 is 15.0 Å². The number of piperidine rings is 1. The summed E-state index contributed by atoms with van der Waals surface area (Å²) < 4.78 is 5.82. The van der Waals surface area contributed by atoms with Gasteiger partial charge in [-0.1, -0.05) is 12.1 Å². The number of carbonyl (C=O) groups excluding carboxylic acids is 1. The molecule has 3 rings (SSSR count). The average Bonchev–Trinajstić information content (AvgIpc) is 3.14. The molecule has 1 aromatic carbocycles. The Morgan fingerprint density at radius 1 is 1.36 bits per heavy atom. The molecule has 1 unspecified atom stereocenters. The first-order chi connectivity index (χ1) is 11.8. The van der Waals surface area contributed by atoms with E-state index in [9.17, 15) is 4.79 Å². The van der Waals surface area contributed by atoms with E-state index in [1.54, 1.807) is 11.3 Å². The number of amides is 1. The second-order valence-electron chi connectivity index (χ2n) is 6.21. The molecule has 1 aromatic heterocycles. The molecule has 0 radical (unpaired) electrons. The molecule has 1 saturated heterocycles. The third kappa shape index (κ3) is 5.46. The summed E-state index contributed by atoms with van der Waals surface area (Å²) in [4.78, 5) is 15.9. The Morgan fingerprint density at radius 3 is 3.00 bits per heavy atom. The van der Waals surface area contributed by atoms with Crippen molar-refractivity contribution in [2.75, 3.05) is 26.7 Å². The fourth-order valence-electron chi connectivity index (χ4n) is 3.16. The number of likely N-dealkylation sites (tertiary alicyclic amines) is 1. The van der Waals surface area contributed by atoms with Gasteiger partial charge in [0.15, 0.2) is 0 Å². The largest absolute Gasteiger partial charge is 0.488 e. The van der Waals surface area contributed by atoms with Gasteiger partial charge in [-0.15, -0.1) is 23.7 Å². The van der Waals surface area contributed by atoms with E-state index in [1.807, 2.05) is 47.7 Å². The molecule has 4 nitrogen and oxygen atoms in total. The monoisotopic (exact) mass is 380 g/mol. The molecule has 0 spiro atoms. The Hall–Kier alpha value is -1.56. The standard InChI is InChI=1S/C19H24N2O2S.ClH/c1-20-12-15-5-3-9-21(13-15)19(22)16-6-2-7-17(11-16)23-14-18-8-4-10-24-18;/h2,4,6-8,10-11,15,20H,3,5,9,12-14H2,1H3;1H. The minimum Gasteiger partial charge on any atom is -0.488 e. The van der Waals surface area contributed by atoms with Crippen LogP contribution in [0.3, 0.4) is 0 Å². The van der Waals surface area contributed by atoms with E-state index in [2.05, 4.69) is 11.4 Å². The van der Waals surface area contributed by atoms with Gasteiger partial charge in [0.1, 0.15) is 12.4 Å². The van der Waals surface area contributed by atoms with E-state index in [-0.39, 0.29) is 18.3 Å². The Balaban J connectivity index is 0.00000225. The maximum absolute atomic E-state index is 12.8. The molecule has 0 aliphatic carbocycles. The van der Waals surface area contributed by atoms with Crippen molar-refractivity contribution >= 4 is 29.7 Å². The number of ether oxygens (including phenoxy) is 1. The van der Waals surface area contributed by atoms with Gasteiger partial charge in [0, 0.05) is 23.5 Å². The van der Waals surface area contributed by atoms with Crippen molar-refractivity contribution in [2.24, 2.45) is 5.92 Å². The molecule has 6 heteroatoms. The van der Waals surface area contributed by atoms with Crippen LogP contribution in [-0.4, -0.2) is 37.5 Å². The fraction of sp³-hybridized carbons (Fsp3) is 0.421. The van der Waals surface area contributed by atoms with Gasteiger partial charge in [0.2, 0.25) is 0 Å². The minimum absolute atomic E-state index is 0. The van der Waals surface area contributed by atoms with Crippen molar-refractivity contribution in [3.63, 3.8) is 0 Å². The zero-order chi connectivity index (χ0) is 16.8. The van der Waals surface area contributed by atoms with E-state index in [4.69, 9.17) is 4.74 Å². The first-order valence-electron chi connectivity index (χ1n) is 8.45. The molecule has 2 heterocycles. The van der Waals surface area contributed by atoms with Crippen LogP contribution in [-0.2, 0) is 6.61 Å². The summed E-state index contributed by atoms with van der Waals surface area (Å²) in [6.45, 7) is 3.19. The van der Waals surface area contributed by atoms with Crippen LogP contribution in [0.5, 0.6) is 5.75 Å². The summed E-state index contributed by atoms with van der Waals surface area (Å²) in [5.41, 5.74) is 0.712. The highest BCUT2D eigenvalue weighted by Gasteiger charge is 2.24. The van der Waals surface area contributed by atoms with Gasteiger partial charge >= 0.3 is 0 Å². The van der Waals surface area contributed by atoms with Crippen LogP contribution in [0, 0.1) is 5.92 Å². The SMILES string of the molecule is CNCC1CCCN(C(=O)c2cccc(OCc3cccs3)c2)C1.Cl. The van der Waals surface area contributed by atoms with Crippen LogP contribution in [0.15, 0.2) is 41.8 Å². The highest BCUT2D eigenvalue weighted by molar-refractivity contribution is 7.09. The van der Waals surface area contributed by atoms with E-state index >= 15 is 0 Å². The topological polar surface area (TPSA) is 41.6 Å². The van der Waals surface area contributed by atoms with Crippen molar-refractivity contribution in [3.05, 3.63) is 52.2 Å². The summed E-state index contributed by atoms with van der Waals surface area (Å²) in [7, 11) is 1.97. The second kappa shape index (κ2) is 9.80. The maximum atomic E-state index is 12.8. The number of rotatable bonds is 6. The highest BCUT2D eigenvalue weighted by atomic mass is 35.5. The van der Waals surface area contributed by atoms with Crippen LogP contribution in [0.2, 0.25) is 0 Å². The van der Waals surface area contributed by atoms with E-state index in [0.717, 1.165) is 31.8 Å². The van der Waals surface area contributed by atoms with Crippen molar-refractivity contribution < 1.29 is 9.53 Å². The van der Waals surface area contributed by atoms with Gasteiger partial charge in [0.05, 0.1) is 0 Å². The number of benzene rings is 1. The van der Waals surface area contributed by atoms with E-state index < -0.39 is 0 Å². The molecular formula is C19H25ClN2O2S. The molecule has 0 bridgehead atoms. The maximum Gasteiger partial charge on any atom is 0.253 e. The van der Waals surface area contributed by atoms with Crippen molar-refractivity contribution in [3.8, 4) is 5.75 Å². The van der Waals surface area contributed by atoms with Crippen molar-refractivity contribution in [1.82, 2.24) is 10.2 Å². The molecule has 1 aliphatic rings. The number of thiophene rings is 1. The zero-order valence-corrected chi connectivity index (χ0v) is 16.1. The fourth-order valence-corrected chi connectivity index (χ4v) is 3.77. The van der Waals surface area contributed by atoms with Crippen LogP contribution in [0.4, 0.5) is 0 Å². The predicted molar refractivity (Wildman–Crippen MR) is 105 cm³/mol. The van der Waals surface area contributed by atoms with Crippen molar-refractivity contribution in [1.29, 1.82) is 0 Å². The van der Waals surface area contributed by atoms with Gasteiger partial charge in [-0.2, -0.15) is 0 Å². The molecule has 25 heavy (non-hydrogen) atoms. The number of hydrogen-bond donors (Lipinski definition) is 1. The molecule has 0 saturated carbocycles. The van der Waals surface area contributed by atoms with Gasteiger partial charge in [-0.25, -0.2) is 0 Å². The molecule has 1 atom stereocenters. The summed E-state index contributed by atoms with van der Waals surface area (Å²) >= 11 is 1.67. The van der Waals surface area contributed by atoms with Crippen LogP contribution in [0.1, 0.15) is 28.1 Å². The highest BCUT2D eigenvalue weighted by Crippen LogP contribution is 2.21. The van der Waals surface area contributed by atoms with E-state index in [0.29, 0.717) is 18.1 Å². The van der Waals surface area contributed by atoms with E-state index in [1.165, 1.54) is 11.3 Å². The number of nitrogens with zero attached hydrogens (tertiary/aromatic N) is 1. The number of halogens is 1. The lowest BCUT2D eigenvalue weighted by Crippen LogP contribution is -2.42. The lowest BCUT2D eigenvalue weighted by molar-refractivity contribution is 0.0674. The summed E-state index contributed by atoms with van der Waals surface area (Å²) in [5, 5.41) is 5.26. The quantitative estimate of drug-likeness (QED) is 0.828. The normalized spacial score (nSPS) is 17.0. The Bertz CT molecular complexity index is 661. The molecule has 1 aliphatic heterocycles. The number of carbonyl (C=O) groups is 1. The Labute approximate surface area is 159 Å².